The molecule has 31 heavy (non-hydrogen) atoms. The van der Waals surface area contributed by atoms with E-state index >= 15 is 0 Å². The van der Waals surface area contributed by atoms with Crippen molar-refractivity contribution < 1.29 is 17.6 Å². The lowest BCUT2D eigenvalue weighted by Crippen LogP contribution is -2.42. The van der Waals surface area contributed by atoms with Crippen molar-refractivity contribution in [2.75, 3.05) is 10.8 Å². The fourth-order valence-electron chi connectivity index (χ4n) is 3.28. The molecule has 0 saturated heterocycles. The molecule has 2 aromatic carbocycles. The highest BCUT2D eigenvalue weighted by Gasteiger charge is 2.30. The van der Waals surface area contributed by atoms with Crippen molar-refractivity contribution in [2.24, 2.45) is 5.92 Å². The Morgan fingerprint density at radius 3 is 2.32 bits per heavy atom. The summed E-state index contributed by atoms with van der Waals surface area (Å²) in [6, 6.07) is 17.8. The Kier molecular flexibility index (Phi) is 7.46. The number of halogens is 1. The van der Waals surface area contributed by atoms with Gasteiger partial charge in [-0.25, -0.2) is 12.8 Å². The van der Waals surface area contributed by atoms with Gasteiger partial charge in [0, 0.05) is 0 Å². The first-order chi connectivity index (χ1) is 14.8. The minimum Gasteiger partial charge on any atom is -0.348 e. The summed E-state index contributed by atoms with van der Waals surface area (Å²) in [6.07, 6.45) is 0.688. The highest BCUT2D eigenvalue weighted by atomic mass is 32.2. The monoisotopic (exact) mass is 460 g/mol. The van der Waals surface area contributed by atoms with Crippen molar-refractivity contribution in [3.63, 3.8) is 0 Å². The Morgan fingerprint density at radius 1 is 1.03 bits per heavy atom. The number of anilines is 1. The highest BCUT2D eigenvalue weighted by molar-refractivity contribution is 7.94. The van der Waals surface area contributed by atoms with E-state index in [1.165, 1.54) is 24.3 Å². The number of hydrogen-bond acceptors (Lipinski definition) is 4. The van der Waals surface area contributed by atoms with E-state index in [1.54, 1.807) is 17.5 Å². The molecule has 0 radical (unpaired) electrons. The van der Waals surface area contributed by atoms with Gasteiger partial charge in [0.25, 0.3) is 10.0 Å². The molecule has 0 aliphatic heterocycles. The maximum absolute atomic E-state index is 14.5. The number of thiophene rings is 1. The summed E-state index contributed by atoms with van der Waals surface area (Å²) in [6.45, 7) is 3.58. The van der Waals surface area contributed by atoms with Gasteiger partial charge in [-0.15, -0.1) is 11.3 Å². The molecule has 0 fully saturated rings. The second-order valence-corrected chi connectivity index (χ2v) is 10.6. The van der Waals surface area contributed by atoms with Crippen molar-refractivity contribution in [1.29, 1.82) is 0 Å². The maximum atomic E-state index is 14.5. The first-order valence-corrected chi connectivity index (χ1v) is 12.3. The van der Waals surface area contributed by atoms with Crippen LogP contribution in [0.4, 0.5) is 10.1 Å². The normalized spacial score (nSPS) is 12.5. The van der Waals surface area contributed by atoms with Crippen LogP contribution in [0.2, 0.25) is 0 Å². The van der Waals surface area contributed by atoms with E-state index in [9.17, 15) is 17.6 Å². The Balaban J connectivity index is 1.90. The first kappa shape index (κ1) is 23.0. The number of para-hydroxylation sites is 1. The van der Waals surface area contributed by atoms with Gasteiger partial charge in [-0.1, -0.05) is 62.4 Å². The lowest BCUT2D eigenvalue weighted by molar-refractivity contribution is -0.120. The van der Waals surface area contributed by atoms with Crippen molar-refractivity contribution in [2.45, 2.75) is 30.5 Å². The third-order valence-electron chi connectivity index (χ3n) is 4.69. The van der Waals surface area contributed by atoms with Gasteiger partial charge in [0.2, 0.25) is 5.91 Å². The fourth-order valence-corrected chi connectivity index (χ4v) is 5.81. The number of nitrogens with one attached hydrogen (secondary N) is 1. The number of hydrogen-bond donors (Lipinski definition) is 1. The van der Waals surface area contributed by atoms with Crippen LogP contribution in [0.25, 0.3) is 0 Å². The molecule has 0 aliphatic carbocycles. The number of carbonyl (C=O) groups is 1. The van der Waals surface area contributed by atoms with Crippen molar-refractivity contribution in [3.05, 3.63) is 83.5 Å². The molecule has 0 aliphatic rings. The Morgan fingerprint density at radius 2 is 1.71 bits per heavy atom. The van der Waals surface area contributed by atoms with E-state index in [-0.39, 0.29) is 15.9 Å². The number of rotatable bonds is 9. The molecule has 1 amide bonds. The molecular formula is C23H25FN2O3S2. The molecule has 0 spiro atoms. The summed E-state index contributed by atoms with van der Waals surface area (Å²) in [5, 5.41) is 4.56. The van der Waals surface area contributed by atoms with Crippen LogP contribution in [0, 0.1) is 11.7 Å². The number of amides is 1. The van der Waals surface area contributed by atoms with Crippen molar-refractivity contribution in [1.82, 2.24) is 5.32 Å². The average molecular weight is 461 g/mol. The minimum absolute atomic E-state index is 0.0466. The summed E-state index contributed by atoms with van der Waals surface area (Å²) < 4.78 is 41.8. The second kappa shape index (κ2) is 10.1. The molecule has 3 rings (SSSR count). The largest absolute Gasteiger partial charge is 0.348 e. The van der Waals surface area contributed by atoms with Crippen LogP contribution in [0.3, 0.4) is 0 Å². The molecule has 3 aromatic rings. The second-order valence-electron chi connectivity index (χ2n) is 7.56. The Labute approximate surface area is 186 Å². The van der Waals surface area contributed by atoms with Crippen LogP contribution in [-0.4, -0.2) is 20.9 Å². The third-order valence-corrected chi connectivity index (χ3v) is 7.82. The summed E-state index contributed by atoms with van der Waals surface area (Å²) >= 11 is 1.02. The van der Waals surface area contributed by atoms with E-state index in [0.29, 0.717) is 12.3 Å². The lowest BCUT2D eigenvalue weighted by atomic mass is 9.97. The minimum atomic E-state index is -4.10. The summed E-state index contributed by atoms with van der Waals surface area (Å²) in [5.41, 5.74) is 0.772. The number of sulfonamides is 1. The van der Waals surface area contributed by atoms with Gasteiger partial charge in [-0.2, -0.15) is 0 Å². The summed E-state index contributed by atoms with van der Waals surface area (Å²) in [4.78, 5) is 13.0. The van der Waals surface area contributed by atoms with E-state index in [1.807, 2.05) is 30.3 Å². The third kappa shape index (κ3) is 5.71. The topological polar surface area (TPSA) is 66.5 Å². The summed E-state index contributed by atoms with van der Waals surface area (Å²) in [7, 11) is -4.10. The van der Waals surface area contributed by atoms with E-state index in [4.69, 9.17) is 0 Å². The SMILES string of the molecule is CC(C)CC(NC(=O)CN(c1ccccc1F)S(=O)(=O)c1cccs1)c1ccccc1. The number of nitrogens with zero attached hydrogens (tertiary/aromatic N) is 1. The molecule has 164 valence electrons. The quantitative estimate of drug-likeness (QED) is 0.489. The maximum Gasteiger partial charge on any atom is 0.274 e. The van der Waals surface area contributed by atoms with E-state index < -0.39 is 28.3 Å². The van der Waals surface area contributed by atoms with Crippen LogP contribution in [-0.2, 0) is 14.8 Å². The average Bonchev–Trinajstić information content (AvgIpc) is 3.28. The molecule has 1 N–H and O–H groups in total. The molecule has 1 unspecified atom stereocenters. The zero-order valence-electron chi connectivity index (χ0n) is 17.4. The van der Waals surface area contributed by atoms with Crippen LogP contribution in [0.1, 0.15) is 31.9 Å². The van der Waals surface area contributed by atoms with Gasteiger partial charge in [0.15, 0.2) is 0 Å². The molecule has 0 saturated carbocycles. The van der Waals surface area contributed by atoms with Crippen LogP contribution in [0.5, 0.6) is 0 Å². The zero-order valence-corrected chi connectivity index (χ0v) is 19.0. The molecule has 1 atom stereocenters. The molecular weight excluding hydrogens is 435 g/mol. The van der Waals surface area contributed by atoms with Crippen molar-refractivity contribution in [3.8, 4) is 0 Å². The fraction of sp³-hybridized carbons (Fsp3) is 0.261. The highest BCUT2D eigenvalue weighted by Crippen LogP contribution is 2.28. The van der Waals surface area contributed by atoms with Crippen LogP contribution >= 0.6 is 11.3 Å². The van der Waals surface area contributed by atoms with Crippen LogP contribution < -0.4 is 9.62 Å². The van der Waals surface area contributed by atoms with Gasteiger partial charge in [0.1, 0.15) is 16.6 Å². The standard InChI is InChI=1S/C23H25FN2O3S2/c1-17(2)15-20(18-9-4-3-5-10-18)25-22(27)16-26(21-12-7-6-11-19(21)24)31(28,29)23-13-8-14-30-23/h3-14,17,20H,15-16H2,1-2H3,(H,25,27). The molecule has 1 aromatic heterocycles. The predicted octanol–water partition coefficient (Wildman–Crippen LogP) is 4.99. The van der Waals surface area contributed by atoms with Gasteiger partial charge in [-0.05, 0) is 41.5 Å². The van der Waals surface area contributed by atoms with Crippen LogP contribution in [0.15, 0.2) is 76.3 Å². The number of carbonyl (C=O) groups excluding carboxylic acids is 1. The van der Waals surface area contributed by atoms with E-state index in [2.05, 4.69) is 19.2 Å². The summed E-state index contributed by atoms with van der Waals surface area (Å²) in [5.74, 6) is -0.905. The van der Waals surface area contributed by atoms with Gasteiger partial charge >= 0.3 is 0 Å². The number of benzene rings is 2. The Bertz CT molecular complexity index is 1100. The predicted molar refractivity (Wildman–Crippen MR) is 122 cm³/mol. The molecule has 0 bridgehead atoms. The van der Waals surface area contributed by atoms with Crippen molar-refractivity contribution >= 4 is 33.0 Å². The lowest BCUT2D eigenvalue weighted by Gasteiger charge is -2.26. The zero-order chi connectivity index (χ0) is 22.4. The molecule has 1 heterocycles. The molecule has 8 heteroatoms. The smallest absolute Gasteiger partial charge is 0.274 e. The first-order valence-electron chi connectivity index (χ1n) is 9.94. The van der Waals surface area contributed by atoms with Gasteiger partial charge in [-0.3, -0.25) is 9.10 Å². The molecule has 5 nitrogen and oxygen atoms in total. The van der Waals surface area contributed by atoms with Gasteiger partial charge in [0.05, 0.1) is 11.7 Å². The Hall–Kier alpha value is -2.71. The van der Waals surface area contributed by atoms with E-state index in [0.717, 1.165) is 21.2 Å². The van der Waals surface area contributed by atoms with Gasteiger partial charge < -0.3 is 5.32 Å².